The molecule has 0 fully saturated rings. The van der Waals surface area contributed by atoms with Crippen molar-refractivity contribution in [2.75, 3.05) is 28.4 Å². The molecule has 0 saturated carbocycles. The lowest BCUT2D eigenvalue weighted by molar-refractivity contribution is -0.151. The summed E-state index contributed by atoms with van der Waals surface area (Å²) in [5.74, 6) is -0.854. The first-order valence-electron chi connectivity index (χ1n) is 9.86. The maximum atomic E-state index is 11.7. The lowest BCUT2D eigenvalue weighted by atomic mass is 10.1. The van der Waals surface area contributed by atoms with Crippen molar-refractivity contribution >= 4 is 40.7 Å². The number of alkyl halides is 1. The number of hydrogen-bond donors (Lipinski definition) is 0. The molecule has 0 saturated heterocycles. The second kappa shape index (κ2) is 12.7. The number of thiazole rings is 1. The number of hydrogen-bond acceptors (Lipinski definition) is 9. The number of esters is 2. The van der Waals surface area contributed by atoms with Gasteiger partial charge >= 0.3 is 11.9 Å². The molecule has 1 aromatic heterocycles. The van der Waals surface area contributed by atoms with Crippen LogP contribution >= 0.6 is 22.9 Å². The van der Waals surface area contributed by atoms with Crippen LogP contribution in [0.2, 0.25) is 0 Å². The zero-order valence-corrected chi connectivity index (χ0v) is 20.9. The third-order valence-corrected chi connectivity index (χ3v) is 5.92. The minimum absolute atomic E-state index is 0.355. The summed E-state index contributed by atoms with van der Waals surface area (Å²) in [6.45, 7) is 1.86. The Morgan fingerprint density at radius 1 is 0.912 bits per heavy atom. The van der Waals surface area contributed by atoms with Gasteiger partial charge in [-0.25, -0.2) is 14.6 Å². The van der Waals surface area contributed by atoms with Crippen LogP contribution in [0.1, 0.15) is 26.4 Å². The first-order valence-corrected chi connectivity index (χ1v) is 11.1. The lowest BCUT2D eigenvalue weighted by Gasteiger charge is -2.08. The molecule has 2 aromatic carbocycles. The maximum absolute atomic E-state index is 11.7. The molecule has 0 bridgehead atoms. The average Bonchev–Trinajstić information content (AvgIpc) is 3.28. The van der Waals surface area contributed by atoms with E-state index in [1.807, 2.05) is 31.2 Å². The molecule has 34 heavy (non-hydrogen) atoms. The molecule has 1 unspecified atom stereocenters. The van der Waals surface area contributed by atoms with E-state index in [1.165, 1.54) is 25.6 Å². The zero-order valence-electron chi connectivity index (χ0n) is 19.3. The fourth-order valence-corrected chi connectivity index (χ4v) is 3.90. The highest BCUT2D eigenvalue weighted by atomic mass is 35.5. The Kier molecular flexibility index (Phi) is 10.0. The predicted molar refractivity (Wildman–Crippen MR) is 129 cm³/mol. The Morgan fingerprint density at radius 2 is 1.53 bits per heavy atom. The number of ether oxygens (including phenoxy) is 4. The first kappa shape index (κ1) is 26.8. The number of halogens is 1. The van der Waals surface area contributed by atoms with Crippen molar-refractivity contribution in [3.63, 3.8) is 0 Å². The van der Waals surface area contributed by atoms with E-state index in [-0.39, 0.29) is 0 Å². The Balaban J connectivity index is 0.000000242. The first-order chi connectivity index (χ1) is 16.2. The highest BCUT2D eigenvalue weighted by molar-refractivity contribution is 7.15. The Morgan fingerprint density at radius 3 is 2.12 bits per heavy atom. The predicted octanol–water partition coefficient (Wildman–Crippen LogP) is 4.63. The number of nitrogens with zero attached hydrogens (tertiary/aromatic N) is 1. The smallest absolute Gasteiger partial charge is 0.376 e. The van der Waals surface area contributed by atoms with E-state index in [1.54, 1.807) is 31.4 Å². The highest BCUT2D eigenvalue weighted by Gasteiger charge is 2.25. The van der Waals surface area contributed by atoms with Gasteiger partial charge in [0.2, 0.25) is 0 Å². The molecule has 0 aliphatic heterocycles. The summed E-state index contributed by atoms with van der Waals surface area (Å²) in [6.07, 6.45) is 0. The molecule has 1 heterocycles. The second-order valence-corrected chi connectivity index (χ2v) is 8.27. The van der Waals surface area contributed by atoms with E-state index in [2.05, 4.69) is 9.72 Å². The van der Waals surface area contributed by atoms with E-state index in [4.69, 9.17) is 25.8 Å². The topological polar surface area (TPSA) is 101 Å². The minimum Gasteiger partial charge on any atom is -0.497 e. The molecule has 0 aliphatic carbocycles. The van der Waals surface area contributed by atoms with Crippen LogP contribution in [0.15, 0.2) is 48.5 Å². The van der Waals surface area contributed by atoms with Crippen molar-refractivity contribution in [3.8, 4) is 21.9 Å². The van der Waals surface area contributed by atoms with Crippen molar-refractivity contribution in [2.24, 2.45) is 0 Å². The van der Waals surface area contributed by atoms with Gasteiger partial charge in [-0.1, -0.05) is 24.3 Å². The van der Waals surface area contributed by atoms with Gasteiger partial charge in [-0.2, -0.15) is 0 Å². The van der Waals surface area contributed by atoms with Gasteiger partial charge in [-0.05, 0) is 42.3 Å². The molecule has 0 amide bonds. The van der Waals surface area contributed by atoms with Crippen molar-refractivity contribution < 1.29 is 33.3 Å². The molecule has 0 radical (unpaired) electrons. The second-order valence-electron chi connectivity index (χ2n) is 6.63. The summed E-state index contributed by atoms with van der Waals surface area (Å²) in [6, 6.07) is 14.2. The third kappa shape index (κ3) is 6.79. The molecule has 0 N–H and O–H groups in total. The van der Waals surface area contributed by atoms with Gasteiger partial charge in [0, 0.05) is 0 Å². The fraction of sp³-hybridized carbons (Fsp3) is 0.250. The van der Waals surface area contributed by atoms with Crippen molar-refractivity contribution in [1.82, 2.24) is 4.98 Å². The Bertz CT molecular complexity index is 1160. The van der Waals surface area contributed by atoms with Gasteiger partial charge in [-0.15, -0.1) is 22.9 Å². The van der Waals surface area contributed by atoms with E-state index in [0.29, 0.717) is 17.0 Å². The van der Waals surface area contributed by atoms with Crippen LogP contribution < -0.4 is 9.47 Å². The third-order valence-electron chi connectivity index (χ3n) is 4.45. The number of ketones is 1. The number of aryl methyl sites for hydroxylation is 1. The molecule has 3 aromatic rings. The fourth-order valence-electron chi connectivity index (χ4n) is 2.78. The van der Waals surface area contributed by atoms with Gasteiger partial charge in [0.25, 0.3) is 5.78 Å². The average molecular weight is 506 g/mol. The standard InChI is InChI=1S/C13H13NO3S.C11H11ClO4/c1-8-14-11(13(15)17-3)12(18-8)9-5-4-6-10(7-9)16-2;1-15-8-5-3-4-7(6-8)9(12)10(13)11(14)16-2/h4-7H,1-3H3;3-6,9H,1-2H3. The van der Waals surface area contributed by atoms with Crippen LogP contribution in [0, 0.1) is 6.92 Å². The number of aromatic nitrogens is 1. The van der Waals surface area contributed by atoms with E-state index in [0.717, 1.165) is 28.3 Å². The number of carbonyl (C=O) groups excluding carboxylic acids is 3. The van der Waals surface area contributed by atoms with Crippen molar-refractivity contribution in [3.05, 3.63) is 64.8 Å². The largest absolute Gasteiger partial charge is 0.497 e. The highest BCUT2D eigenvalue weighted by Crippen LogP contribution is 2.32. The molecule has 1 atom stereocenters. The molecule has 180 valence electrons. The SMILES string of the molecule is COC(=O)C(=O)C(Cl)c1cccc(OC)c1.COC(=O)c1nc(C)sc1-c1cccc(OC)c1. The van der Waals surface area contributed by atoms with Crippen molar-refractivity contribution in [1.29, 1.82) is 0 Å². The van der Waals surface area contributed by atoms with Crippen LogP contribution in [0.3, 0.4) is 0 Å². The maximum Gasteiger partial charge on any atom is 0.376 e. The molecule has 10 heteroatoms. The lowest BCUT2D eigenvalue weighted by Crippen LogP contribution is -2.20. The van der Waals surface area contributed by atoms with E-state index < -0.39 is 23.1 Å². The molecule has 0 spiro atoms. The van der Waals surface area contributed by atoms with E-state index in [9.17, 15) is 14.4 Å². The summed E-state index contributed by atoms with van der Waals surface area (Å²) in [4.78, 5) is 39.1. The van der Waals surface area contributed by atoms with Gasteiger partial charge < -0.3 is 18.9 Å². The summed E-state index contributed by atoms with van der Waals surface area (Å²) in [7, 11) is 5.60. The molecular formula is C24H24ClNO7S. The Labute approximate surface area is 206 Å². The van der Waals surface area contributed by atoms with E-state index >= 15 is 0 Å². The number of carbonyl (C=O) groups is 3. The number of Topliss-reactive ketones (excluding diaryl/α,β-unsaturated/α-hetero) is 1. The summed E-state index contributed by atoms with van der Waals surface area (Å²) >= 11 is 7.32. The van der Waals surface area contributed by atoms with Crippen LogP contribution in [0.5, 0.6) is 11.5 Å². The number of methoxy groups -OCH3 is 4. The monoisotopic (exact) mass is 505 g/mol. The number of rotatable bonds is 7. The van der Waals surface area contributed by atoms with Crippen LogP contribution in [-0.4, -0.2) is 51.1 Å². The van der Waals surface area contributed by atoms with Gasteiger partial charge in [0.05, 0.1) is 38.3 Å². The zero-order chi connectivity index (χ0) is 25.3. The van der Waals surface area contributed by atoms with Crippen LogP contribution in [-0.2, 0) is 19.1 Å². The molecule has 0 aliphatic rings. The van der Waals surface area contributed by atoms with Gasteiger partial charge in [-0.3, -0.25) is 4.79 Å². The summed E-state index contributed by atoms with van der Waals surface area (Å²) in [5, 5.41) is -0.226. The van der Waals surface area contributed by atoms with Crippen LogP contribution in [0.25, 0.3) is 10.4 Å². The summed E-state index contributed by atoms with van der Waals surface area (Å²) in [5.41, 5.74) is 1.75. The summed E-state index contributed by atoms with van der Waals surface area (Å²) < 4.78 is 19.2. The Hall–Kier alpha value is -3.43. The van der Waals surface area contributed by atoms with Crippen LogP contribution in [0.4, 0.5) is 0 Å². The normalized spacial score (nSPS) is 10.9. The minimum atomic E-state index is -1.05. The quantitative estimate of drug-likeness (QED) is 0.260. The van der Waals surface area contributed by atoms with Gasteiger partial charge in [0.15, 0.2) is 5.69 Å². The number of benzene rings is 2. The van der Waals surface area contributed by atoms with Gasteiger partial charge in [0.1, 0.15) is 16.9 Å². The molecule has 8 nitrogen and oxygen atoms in total. The molecular weight excluding hydrogens is 482 g/mol. The molecule has 3 rings (SSSR count). The van der Waals surface area contributed by atoms with Crippen molar-refractivity contribution in [2.45, 2.75) is 12.3 Å².